The van der Waals surface area contributed by atoms with Gasteiger partial charge in [0.05, 0.1) is 5.69 Å². The minimum Gasteiger partial charge on any atom is -0.471 e. The molecule has 1 N–H and O–H groups in total. The Morgan fingerprint density at radius 3 is 2.64 bits per heavy atom. The highest BCUT2D eigenvalue weighted by molar-refractivity contribution is 9.10. The third-order valence-corrected chi connectivity index (χ3v) is 5.34. The number of halogens is 3. The van der Waals surface area contributed by atoms with Crippen LogP contribution in [0.3, 0.4) is 0 Å². The maximum Gasteiger partial charge on any atom is 0.271 e. The molecule has 0 bridgehead atoms. The van der Waals surface area contributed by atoms with Crippen molar-refractivity contribution in [1.29, 1.82) is 0 Å². The monoisotopic (exact) mass is 485 g/mol. The molecular formula is C18H18BrCl2N5O2. The van der Waals surface area contributed by atoms with Crippen molar-refractivity contribution in [2.24, 2.45) is 0 Å². The summed E-state index contributed by atoms with van der Waals surface area (Å²) in [6.07, 6.45) is 2.36. The van der Waals surface area contributed by atoms with Crippen LogP contribution in [0.1, 0.15) is 22.6 Å². The Balaban J connectivity index is 1.43. The average molecular weight is 487 g/mol. The van der Waals surface area contributed by atoms with Crippen molar-refractivity contribution < 1.29 is 9.53 Å². The van der Waals surface area contributed by atoms with Crippen molar-refractivity contribution in [2.75, 3.05) is 6.54 Å². The number of carbonyl (C=O) groups is 1. The van der Waals surface area contributed by atoms with Gasteiger partial charge in [0.1, 0.15) is 21.6 Å². The Labute approximate surface area is 180 Å². The fourth-order valence-corrected chi connectivity index (χ4v) is 3.09. The molecule has 28 heavy (non-hydrogen) atoms. The number of aromatic nitrogens is 4. The molecule has 0 unspecified atom stereocenters. The van der Waals surface area contributed by atoms with E-state index in [1.807, 2.05) is 24.3 Å². The number of carbonyl (C=O) groups excluding carboxylic acids is 1. The van der Waals surface area contributed by atoms with Gasteiger partial charge < -0.3 is 10.1 Å². The minimum atomic E-state index is -0.247. The van der Waals surface area contributed by atoms with Crippen molar-refractivity contribution in [2.45, 2.75) is 26.6 Å². The molecule has 7 nitrogen and oxygen atoms in total. The van der Waals surface area contributed by atoms with E-state index in [1.165, 1.54) is 0 Å². The normalized spacial score (nSPS) is 10.9. The molecular weight excluding hydrogens is 469 g/mol. The van der Waals surface area contributed by atoms with Crippen LogP contribution in [0.5, 0.6) is 5.75 Å². The number of hydrogen-bond donors (Lipinski definition) is 1. The first-order chi connectivity index (χ1) is 13.4. The lowest BCUT2D eigenvalue weighted by atomic mass is 10.3. The van der Waals surface area contributed by atoms with Crippen LogP contribution in [0.4, 0.5) is 0 Å². The van der Waals surface area contributed by atoms with Crippen LogP contribution in [0, 0.1) is 6.92 Å². The van der Waals surface area contributed by atoms with Crippen LogP contribution >= 0.6 is 39.1 Å². The highest BCUT2D eigenvalue weighted by Crippen LogP contribution is 2.24. The molecule has 3 aromatic rings. The molecule has 10 heteroatoms. The van der Waals surface area contributed by atoms with E-state index >= 15 is 0 Å². The summed E-state index contributed by atoms with van der Waals surface area (Å²) < 4.78 is 9.79. The first-order valence-corrected chi connectivity index (χ1v) is 10.1. The van der Waals surface area contributed by atoms with Crippen LogP contribution in [-0.4, -0.2) is 32.0 Å². The molecule has 0 atom stereocenters. The number of ether oxygens (including phenoxy) is 1. The topological polar surface area (TPSA) is 74.0 Å². The summed E-state index contributed by atoms with van der Waals surface area (Å²) in [6, 6.07) is 9.13. The molecule has 0 aliphatic rings. The molecule has 2 heterocycles. The number of nitrogens with zero attached hydrogens (tertiary/aromatic N) is 4. The second kappa shape index (κ2) is 9.45. The van der Waals surface area contributed by atoms with Gasteiger partial charge in [0.25, 0.3) is 5.91 Å². The molecule has 0 aliphatic heterocycles. The van der Waals surface area contributed by atoms with Gasteiger partial charge in [-0.05, 0) is 43.7 Å². The summed E-state index contributed by atoms with van der Waals surface area (Å²) in [5, 5.41) is 12.2. The summed E-state index contributed by atoms with van der Waals surface area (Å²) in [5.74, 6) is 0.473. The van der Waals surface area contributed by atoms with Gasteiger partial charge in [0.2, 0.25) is 0 Å². The van der Waals surface area contributed by atoms with E-state index in [9.17, 15) is 4.79 Å². The Kier molecular flexibility index (Phi) is 6.98. The quantitative estimate of drug-likeness (QED) is 0.481. The standard InChI is InChI=1S/C18H18BrCl2N5O2/c1-12-16(20)17(21)26(23-12)9-2-8-22-18(27)15-7-10-25(24-15)11-28-14-5-3-13(19)4-6-14/h3-7,10H,2,8-9,11H2,1H3,(H,22,27). The molecule has 1 amide bonds. The molecule has 1 aromatic carbocycles. The van der Waals surface area contributed by atoms with E-state index in [0.29, 0.717) is 41.1 Å². The Morgan fingerprint density at radius 2 is 1.96 bits per heavy atom. The zero-order chi connectivity index (χ0) is 20.1. The zero-order valence-corrected chi connectivity index (χ0v) is 18.1. The van der Waals surface area contributed by atoms with Gasteiger partial charge in [-0.3, -0.25) is 9.48 Å². The van der Waals surface area contributed by atoms with Crippen molar-refractivity contribution in [3.05, 3.63) is 62.6 Å². The lowest BCUT2D eigenvalue weighted by Crippen LogP contribution is -2.26. The van der Waals surface area contributed by atoms with Gasteiger partial charge >= 0.3 is 0 Å². The maximum atomic E-state index is 12.2. The zero-order valence-electron chi connectivity index (χ0n) is 15.0. The van der Waals surface area contributed by atoms with Crippen LogP contribution < -0.4 is 10.1 Å². The van der Waals surface area contributed by atoms with Gasteiger partial charge in [-0.15, -0.1) is 0 Å². The molecule has 0 saturated heterocycles. The van der Waals surface area contributed by atoms with E-state index < -0.39 is 0 Å². The molecule has 0 saturated carbocycles. The van der Waals surface area contributed by atoms with Crippen molar-refractivity contribution >= 4 is 45.0 Å². The lowest BCUT2D eigenvalue weighted by Gasteiger charge is -2.06. The molecule has 0 aliphatic carbocycles. The number of benzene rings is 1. The first kappa shape index (κ1) is 20.7. The highest BCUT2D eigenvalue weighted by Gasteiger charge is 2.12. The van der Waals surface area contributed by atoms with Gasteiger partial charge in [-0.25, -0.2) is 4.68 Å². The molecule has 0 radical (unpaired) electrons. The number of hydrogen-bond acceptors (Lipinski definition) is 4. The van der Waals surface area contributed by atoms with Crippen LogP contribution in [0.2, 0.25) is 10.2 Å². The third kappa shape index (κ3) is 5.27. The predicted molar refractivity (Wildman–Crippen MR) is 111 cm³/mol. The molecule has 0 spiro atoms. The molecule has 148 valence electrons. The van der Waals surface area contributed by atoms with Crippen molar-refractivity contribution in [1.82, 2.24) is 24.9 Å². The number of nitrogens with one attached hydrogen (secondary N) is 1. The summed E-state index contributed by atoms with van der Waals surface area (Å²) in [7, 11) is 0. The Hall–Kier alpha value is -2.03. The van der Waals surface area contributed by atoms with E-state index in [4.69, 9.17) is 27.9 Å². The Morgan fingerprint density at radius 1 is 1.21 bits per heavy atom. The van der Waals surface area contributed by atoms with Crippen LogP contribution in [0.15, 0.2) is 41.0 Å². The van der Waals surface area contributed by atoms with Gasteiger partial charge in [-0.1, -0.05) is 39.1 Å². The summed E-state index contributed by atoms with van der Waals surface area (Å²) in [6.45, 7) is 3.03. The molecule has 2 aromatic heterocycles. The van der Waals surface area contributed by atoms with E-state index in [2.05, 4.69) is 31.4 Å². The summed E-state index contributed by atoms with van der Waals surface area (Å²) in [4.78, 5) is 12.2. The third-order valence-electron chi connectivity index (χ3n) is 3.88. The second-order valence-corrected chi connectivity index (χ2v) is 7.64. The summed E-state index contributed by atoms with van der Waals surface area (Å²) >= 11 is 15.5. The van der Waals surface area contributed by atoms with Gasteiger partial charge in [0.15, 0.2) is 6.73 Å². The van der Waals surface area contributed by atoms with E-state index in [-0.39, 0.29) is 12.6 Å². The number of aryl methyl sites for hydroxylation is 2. The SMILES string of the molecule is Cc1nn(CCCNC(=O)c2ccn(COc3ccc(Br)cc3)n2)c(Cl)c1Cl. The van der Waals surface area contributed by atoms with E-state index in [1.54, 1.807) is 28.6 Å². The number of amides is 1. The lowest BCUT2D eigenvalue weighted by molar-refractivity contribution is 0.0945. The van der Waals surface area contributed by atoms with Crippen LogP contribution in [-0.2, 0) is 13.3 Å². The van der Waals surface area contributed by atoms with Crippen molar-refractivity contribution in [3.63, 3.8) is 0 Å². The summed E-state index contributed by atoms with van der Waals surface area (Å²) in [5.41, 5.74) is 1.02. The second-order valence-electron chi connectivity index (χ2n) is 5.99. The number of rotatable bonds is 8. The molecule has 0 fully saturated rings. The van der Waals surface area contributed by atoms with Gasteiger partial charge in [0, 0.05) is 23.8 Å². The predicted octanol–water partition coefficient (Wildman–Crippen LogP) is 4.31. The first-order valence-electron chi connectivity index (χ1n) is 8.52. The van der Waals surface area contributed by atoms with Crippen molar-refractivity contribution in [3.8, 4) is 5.75 Å². The van der Waals surface area contributed by atoms with Gasteiger partial charge in [-0.2, -0.15) is 10.2 Å². The fourth-order valence-electron chi connectivity index (χ4n) is 2.43. The highest BCUT2D eigenvalue weighted by atomic mass is 79.9. The fraction of sp³-hybridized carbons (Fsp3) is 0.278. The molecule has 3 rings (SSSR count). The largest absolute Gasteiger partial charge is 0.471 e. The van der Waals surface area contributed by atoms with Crippen LogP contribution in [0.25, 0.3) is 0 Å². The maximum absolute atomic E-state index is 12.2. The minimum absolute atomic E-state index is 0.215. The van der Waals surface area contributed by atoms with E-state index in [0.717, 1.165) is 10.2 Å². The smallest absolute Gasteiger partial charge is 0.271 e. The average Bonchev–Trinajstić information content (AvgIpc) is 3.26. The Bertz CT molecular complexity index is 956.